The molecule has 0 unspecified atom stereocenters. The fourth-order valence-electron chi connectivity index (χ4n) is 3.10. The van der Waals surface area contributed by atoms with E-state index in [2.05, 4.69) is 10.1 Å². The smallest absolute Gasteiger partial charge is 0.248 e. The van der Waals surface area contributed by atoms with Crippen molar-refractivity contribution in [1.29, 1.82) is 0 Å². The maximum Gasteiger partial charge on any atom is 0.248 e. The number of hydrogen-bond acceptors (Lipinski definition) is 6. The molecule has 0 radical (unpaired) electrons. The molecule has 2 aliphatic heterocycles. The lowest BCUT2D eigenvalue weighted by atomic mass is 9.90. The number of carbonyl (C=O) groups excluding carboxylic acids is 1. The van der Waals surface area contributed by atoms with Gasteiger partial charge in [-0.1, -0.05) is 5.16 Å². The van der Waals surface area contributed by atoms with Crippen molar-refractivity contribution in [3.8, 4) is 0 Å². The van der Waals surface area contributed by atoms with Gasteiger partial charge in [-0.3, -0.25) is 4.79 Å². The quantitative estimate of drug-likeness (QED) is 0.803. The van der Waals surface area contributed by atoms with E-state index in [1.165, 1.54) is 7.11 Å². The topological polar surface area (TPSA) is 77.7 Å². The molecule has 2 saturated heterocycles. The zero-order valence-electron chi connectivity index (χ0n) is 11.7. The van der Waals surface area contributed by atoms with E-state index in [1.807, 2.05) is 4.90 Å². The molecule has 0 spiro atoms. The Balaban J connectivity index is 1.80. The van der Waals surface area contributed by atoms with Gasteiger partial charge >= 0.3 is 0 Å². The summed E-state index contributed by atoms with van der Waals surface area (Å²) in [4.78, 5) is 18.3. The predicted molar refractivity (Wildman–Crippen MR) is 68.1 cm³/mol. The molecule has 0 bridgehead atoms. The Bertz CT molecular complexity index is 490. The molecule has 0 N–H and O–H groups in total. The van der Waals surface area contributed by atoms with Gasteiger partial charge in [-0.25, -0.2) is 0 Å². The normalized spacial score (nSPS) is 29.5. The van der Waals surface area contributed by atoms with Crippen LogP contribution in [0.4, 0.5) is 0 Å². The highest BCUT2D eigenvalue weighted by Crippen LogP contribution is 2.35. The van der Waals surface area contributed by atoms with Crippen molar-refractivity contribution in [2.24, 2.45) is 0 Å². The van der Waals surface area contributed by atoms with Crippen LogP contribution in [0.1, 0.15) is 30.5 Å². The molecule has 110 valence electrons. The highest BCUT2D eigenvalue weighted by Gasteiger charge is 2.43. The van der Waals surface area contributed by atoms with E-state index in [0.29, 0.717) is 24.9 Å². The molecule has 3 atom stereocenters. The Morgan fingerprint density at radius 3 is 3.10 bits per heavy atom. The van der Waals surface area contributed by atoms with Crippen LogP contribution in [-0.4, -0.2) is 60.0 Å². The summed E-state index contributed by atoms with van der Waals surface area (Å²) >= 11 is 0. The first-order valence-electron chi connectivity index (χ1n) is 6.89. The van der Waals surface area contributed by atoms with Crippen molar-refractivity contribution in [3.63, 3.8) is 0 Å². The van der Waals surface area contributed by atoms with Gasteiger partial charge in [0.1, 0.15) is 6.61 Å². The molecule has 20 heavy (non-hydrogen) atoms. The number of aromatic nitrogens is 2. The number of aryl methyl sites for hydroxylation is 1. The minimum Gasteiger partial charge on any atom is -0.376 e. The molecule has 2 fully saturated rings. The average molecular weight is 281 g/mol. The Hall–Kier alpha value is -1.47. The number of hydrogen-bond donors (Lipinski definition) is 0. The van der Waals surface area contributed by atoms with Gasteiger partial charge in [0.2, 0.25) is 11.8 Å². The first-order valence-corrected chi connectivity index (χ1v) is 6.89. The number of carbonyl (C=O) groups is 1. The summed E-state index contributed by atoms with van der Waals surface area (Å²) in [7, 11) is 1.53. The minimum atomic E-state index is -0.00561. The molecule has 1 amide bonds. The first-order chi connectivity index (χ1) is 9.69. The zero-order valence-corrected chi connectivity index (χ0v) is 11.7. The highest BCUT2D eigenvalue weighted by molar-refractivity contribution is 5.78. The number of methoxy groups -OCH3 is 1. The summed E-state index contributed by atoms with van der Waals surface area (Å²) in [6.07, 6.45) is 1.76. The molecule has 0 saturated carbocycles. The Morgan fingerprint density at radius 2 is 2.40 bits per heavy atom. The van der Waals surface area contributed by atoms with Crippen LogP contribution in [0.15, 0.2) is 4.52 Å². The number of ether oxygens (including phenoxy) is 2. The average Bonchev–Trinajstić information content (AvgIpc) is 3.05. The monoisotopic (exact) mass is 281 g/mol. The fourth-order valence-corrected chi connectivity index (χ4v) is 3.10. The second kappa shape index (κ2) is 5.49. The second-order valence-corrected chi connectivity index (χ2v) is 5.36. The molecule has 1 aromatic heterocycles. The van der Waals surface area contributed by atoms with Crippen LogP contribution in [0.5, 0.6) is 0 Å². The summed E-state index contributed by atoms with van der Waals surface area (Å²) in [6, 6.07) is 0.151. The standard InChI is InChI=1S/C13H19N3O4/c1-8-14-13(20-15-8)9-5-11-10(3-4-19-11)16(6-9)12(17)7-18-2/h9-11H,3-7H2,1-2H3/t9-,10-,11-/m0/s1. The lowest BCUT2D eigenvalue weighted by Gasteiger charge is -2.39. The Kier molecular flexibility index (Phi) is 3.71. The summed E-state index contributed by atoms with van der Waals surface area (Å²) in [5, 5.41) is 3.83. The van der Waals surface area contributed by atoms with E-state index in [0.717, 1.165) is 12.8 Å². The van der Waals surface area contributed by atoms with E-state index in [1.54, 1.807) is 6.92 Å². The SMILES string of the molecule is COCC(=O)N1C[C@@H](c2nc(C)no2)C[C@@H]2OCC[C@@H]21. The van der Waals surface area contributed by atoms with Crippen LogP contribution in [0.2, 0.25) is 0 Å². The third kappa shape index (κ3) is 2.43. The van der Waals surface area contributed by atoms with E-state index < -0.39 is 0 Å². The summed E-state index contributed by atoms with van der Waals surface area (Å²) < 4.78 is 16.0. The van der Waals surface area contributed by atoms with Gasteiger partial charge in [0, 0.05) is 20.3 Å². The maximum absolute atomic E-state index is 12.2. The van der Waals surface area contributed by atoms with Crippen molar-refractivity contribution in [2.75, 3.05) is 26.9 Å². The molecule has 7 nitrogen and oxygen atoms in total. The van der Waals surface area contributed by atoms with Gasteiger partial charge in [-0.15, -0.1) is 0 Å². The van der Waals surface area contributed by atoms with Crippen molar-refractivity contribution < 1.29 is 18.8 Å². The number of piperidine rings is 1. The molecule has 0 aliphatic carbocycles. The summed E-state index contributed by atoms with van der Waals surface area (Å²) in [5.74, 6) is 1.24. The summed E-state index contributed by atoms with van der Waals surface area (Å²) in [5.41, 5.74) is 0. The van der Waals surface area contributed by atoms with Crippen LogP contribution in [0.25, 0.3) is 0 Å². The van der Waals surface area contributed by atoms with E-state index in [4.69, 9.17) is 14.0 Å². The van der Waals surface area contributed by atoms with Crippen molar-refractivity contribution in [3.05, 3.63) is 11.7 Å². The van der Waals surface area contributed by atoms with Gasteiger partial charge in [0.15, 0.2) is 5.82 Å². The zero-order chi connectivity index (χ0) is 14.1. The maximum atomic E-state index is 12.2. The molecular formula is C13H19N3O4. The minimum absolute atomic E-state index is 0.00561. The number of likely N-dealkylation sites (tertiary alicyclic amines) is 1. The first kappa shape index (κ1) is 13.5. The van der Waals surface area contributed by atoms with Crippen molar-refractivity contribution >= 4 is 5.91 Å². The van der Waals surface area contributed by atoms with E-state index in [9.17, 15) is 4.79 Å². The lowest BCUT2D eigenvalue weighted by molar-refractivity contribution is -0.141. The Morgan fingerprint density at radius 1 is 1.55 bits per heavy atom. The van der Waals surface area contributed by atoms with Crippen molar-refractivity contribution in [1.82, 2.24) is 15.0 Å². The number of rotatable bonds is 3. The van der Waals surface area contributed by atoms with Gasteiger partial charge in [0.25, 0.3) is 0 Å². The van der Waals surface area contributed by atoms with E-state index >= 15 is 0 Å². The number of nitrogens with zero attached hydrogens (tertiary/aromatic N) is 3. The van der Waals surface area contributed by atoms with Crippen molar-refractivity contribution in [2.45, 2.75) is 37.8 Å². The van der Waals surface area contributed by atoms with Crippen LogP contribution in [-0.2, 0) is 14.3 Å². The van der Waals surface area contributed by atoms with Gasteiger partial charge < -0.3 is 18.9 Å². The van der Waals surface area contributed by atoms with Crippen LogP contribution < -0.4 is 0 Å². The molecular weight excluding hydrogens is 262 g/mol. The van der Waals surface area contributed by atoms with Gasteiger partial charge in [-0.05, 0) is 19.8 Å². The third-order valence-corrected chi connectivity index (χ3v) is 3.99. The third-order valence-electron chi connectivity index (χ3n) is 3.99. The molecule has 7 heteroatoms. The number of fused-ring (bicyclic) bond motifs is 1. The molecule has 3 heterocycles. The summed E-state index contributed by atoms with van der Waals surface area (Å²) in [6.45, 7) is 3.17. The predicted octanol–water partition coefficient (Wildman–Crippen LogP) is 0.498. The van der Waals surface area contributed by atoms with Gasteiger partial charge in [-0.2, -0.15) is 4.98 Å². The largest absolute Gasteiger partial charge is 0.376 e. The second-order valence-electron chi connectivity index (χ2n) is 5.36. The molecule has 3 rings (SSSR count). The van der Waals surface area contributed by atoms with Crippen LogP contribution in [0, 0.1) is 6.92 Å². The number of amides is 1. The van der Waals surface area contributed by atoms with Crippen LogP contribution in [0.3, 0.4) is 0 Å². The molecule has 2 aliphatic rings. The lowest BCUT2D eigenvalue weighted by Crippen LogP contribution is -2.52. The molecule has 0 aromatic carbocycles. The molecule has 1 aromatic rings. The van der Waals surface area contributed by atoms with Crippen LogP contribution >= 0.6 is 0 Å². The van der Waals surface area contributed by atoms with E-state index in [-0.39, 0.29) is 30.6 Å². The Labute approximate surface area is 117 Å². The van der Waals surface area contributed by atoms with Gasteiger partial charge in [0.05, 0.1) is 18.1 Å². The highest BCUT2D eigenvalue weighted by atomic mass is 16.5. The fraction of sp³-hybridized carbons (Fsp3) is 0.769.